The van der Waals surface area contributed by atoms with Crippen molar-refractivity contribution in [3.8, 4) is 22.8 Å². The molecule has 2 aromatic heterocycles. The Hall–Kier alpha value is -2.99. The molecule has 4 aromatic rings. The monoisotopic (exact) mass is 393 g/mol. The molecule has 0 saturated heterocycles. The van der Waals surface area contributed by atoms with Crippen LogP contribution in [-0.4, -0.2) is 30.7 Å². The van der Waals surface area contributed by atoms with Gasteiger partial charge in [-0.1, -0.05) is 0 Å². The van der Waals surface area contributed by atoms with E-state index in [0.29, 0.717) is 0 Å². The summed E-state index contributed by atoms with van der Waals surface area (Å²) < 4.78 is 10.5. The fraction of sp³-hybridized carbons (Fsp3) is 0.227. The molecule has 0 atom stereocenters. The molecule has 2 aromatic carbocycles. The third-order valence-electron chi connectivity index (χ3n) is 4.81. The first-order valence-corrected chi connectivity index (χ1v) is 9.99. The van der Waals surface area contributed by atoms with Crippen molar-refractivity contribution in [2.45, 2.75) is 13.3 Å². The number of hydrogen-bond donors (Lipinski definition) is 2. The molecular formula is C22H23N3O2S. The molecule has 28 heavy (non-hydrogen) atoms. The lowest BCUT2D eigenvalue weighted by atomic mass is 10.1. The molecular weight excluding hydrogens is 370 g/mol. The van der Waals surface area contributed by atoms with Crippen LogP contribution < -0.4 is 14.8 Å². The first-order chi connectivity index (χ1) is 13.7. The molecule has 0 aliphatic heterocycles. The maximum absolute atomic E-state index is 5.29. The fourth-order valence-corrected chi connectivity index (χ4v) is 4.15. The summed E-state index contributed by atoms with van der Waals surface area (Å²) in [6.07, 6.45) is 2.99. The minimum absolute atomic E-state index is 0.827. The van der Waals surface area contributed by atoms with Gasteiger partial charge in [-0.3, -0.25) is 0 Å². The number of aromatic amines is 1. The van der Waals surface area contributed by atoms with Gasteiger partial charge < -0.3 is 19.8 Å². The number of aromatic nitrogens is 2. The highest BCUT2D eigenvalue weighted by atomic mass is 32.1. The summed E-state index contributed by atoms with van der Waals surface area (Å²) >= 11 is 1.69. The van der Waals surface area contributed by atoms with Crippen LogP contribution in [0.15, 0.2) is 48.7 Å². The van der Waals surface area contributed by atoms with E-state index in [1.54, 1.807) is 25.6 Å². The molecule has 144 valence electrons. The van der Waals surface area contributed by atoms with E-state index >= 15 is 0 Å². The molecule has 5 nitrogen and oxygen atoms in total. The molecule has 2 N–H and O–H groups in total. The summed E-state index contributed by atoms with van der Waals surface area (Å²) in [5, 5.41) is 5.65. The van der Waals surface area contributed by atoms with Crippen LogP contribution in [0.5, 0.6) is 11.5 Å². The van der Waals surface area contributed by atoms with E-state index < -0.39 is 0 Å². The normalized spacial score (nSPS) is 11.0. The van der Waals surface area contributed by atoms with E-state index in [9.17, 15) is 0 Å². The molecule has 0 radical (unpaired) electrons. The van der Waals surface area contributed by atoms with Crippen molar-refractivity contribution in [1.29, 1.82) is 0 Å². The van der Waals surface area contributed by atoms with Crippen molar-refractivity contribution in [2.24, 2.45) is 0 Å². The van der Waals surface area contributed by atoms with Crippen LogP contribution >= 0.6 is 11.3 Å². The molecule has 0 spiro atoms. The van der Waals surface area contributed by atoms with Gasteiger partial charge in [0.15, 0.2) is 5.13 Å². The van der Waals surface area contributed by atoms with Gasteiger partial charge in [-0.05, 0) is 55.3 Å². The molecule has 0 bridgehead atoms. The first kappa shape index (κ1) is 18.4. The quantitative estimate of drug-likeness (QED) is 0.449. The smallest absolute Gasteiger partial charge is 0.183 e. The molecule has 6 heteroatoms. The van der Waals surface area contributed by atoms with Crippen molar-refractivity contribution >= 4 is 27.4 Å². The number of anilines is 1. The van der Waals surface area contributed by atoms with Gasteiger partial charge in [0.1, 0.15) is 11.5 Å². The predicted molar refractivity (Wildman–Crippen MR) is 116 cm³/mol. The molecule has 0 saturated carbocycles. The Bertz CT molecular complexity index is 1080. The molecule has 2 heterocycles. The number of nitrogens with one attached hydrogen (secondary N) is 2. The van der Waals surface area contributed by atoms with E-state index in [-0.39, 0.29) is 0 Å². The summed E-state index contributed by atoms with van der Waals surface area (Å²) in [6.45, 7) is 2.93. The van der Waals surface area contributed by atoms with Crippen LogP contribution in [-0.2, 0) is 6.42 Å². The van der Waals surface area contributed by atoms with E-state index in [2.05, 4.69) is 29.5 Å². The summed E-state index contributed by atoms with van der Waals surface area (Å²) in [6, 6.07) is 14.2. The summed E-state index contributed by atoms with van der Waals surface area (Å²) in [5.41, 5.74) is 4.51. The number of rotatable bonds is 7. The Morgan fingerprint density at radius 2 is 1.79 bits per heavy atom. The Morgan fingerprint density at radius 1 is 1.04 bits per heavy atom. The minimum Gasteiger partial charge on any atom is -0.497 e. The molecule has 0 amide bonds. The molecule has 0 aliphatic carbocycles. The van der Waals surface area contributed by atoms with Crippen LogP contribution in [0.25, 0.3) is 22.2 Å². The second-order valence-electron chi connectivity index (χ2n) is 6.55. The number of thiazole rings is 1. The first-order valence-electron chi connectivity index (χ1n) is 9.17. The fourth-order valence-electron chi connectivity index (χ4n) is 3.29. The van der Waals surface area contributed by atoms with Gasteiger partial charge in [0.2, 0.25) is 0 Å². The van der Waals surface area contributed by atoms with Crippen molar-refractivity contribution in [1.82, 2.24) is 9.97 Å². The van der Waals surface area contributed by atoms with E-state index in [1.165, 1.54) is 15.8 Å². The third kappa shape index (κ3) is 3.68. The van der Waals surface area contributed by atoms with Crippen LogP contribution in [0.2, 0.25) is 0 Å². The van der Waals surface area contributed by atoms with Crippen LogP contribution in [0.4, 0.5) is 5.13 Å². The minimum atomic E-state index is 0.827. The molecule has 0 unspecified atom stereocenters. The van der Waals surface area contributed by atoms with Gasteiger partial charge in [0, 0.05) is 40.2 Å². The summed E-state index contributed by atoms with van der Waals surface area (Å²) in [7, 11) is 3.36. The largest absolute Gasteiger partial charge is 0.497 e. The highest BCUT2D eigenvalue weighted by molar-refractivity contribution is 7.16. The topological polar surface area (TPSA) is 59.2 Å². The number of H-pyrrole nitrogens is 1. The van der Waals surface area contributed by atoms with E-state index in [4.69, 9.17) is 14.5 Å². The number of hydrogen-bond acceptors (Lipinski definition) is 5. The average Bonchev–Trinajstić information content (AvgIpc) is 3.31. The van der Waals surface area contributed by atoms with Crippen LogP contribution in [0, 0.1) is 6.92 Å². The predicted octanol–water partition coefficient (Wildman–Crippen LogP) is 5.27. The lowest BCUT2D eigenvalue weighted by Gasteiger charge is -2.03. The van der Waals surface area contributed by atoms with Gasteiger partial charge in [-0.15, -0.1) is 11.3 Å². The molecule has 0 fully saturated rings. The van der Waals surface area contributed by atoms with Crippen molar-refractivity contribution in [2.75, 3.05) is 26.1 Å². The van der Waals surface area contributed by atoms with Gasteiger partial charge in [0.05, 0.1) is 19.9 Å². The second-order valence-corrected chi connectivity index (χ2v) is 7.76. The number of aryl methyl sites for hydroxylation is 1. The summed E-state index contributed by atoms with van der Waals surface area (Å²) in [5.74, 6) is 1.72. The standard InChI is InChI=1S/C22H23N3O2S/c1-14-21(15-4-6-17(26-2)7-5-15)25-22(28-14)23-11-10-16-13-24-20-12-18(27-3)8-9-19(16)20/h4-9,12-13,24H,10-11H2,1-3H3,(H,23,25). The number of benzene rings is 2. The van der Waals surface area contributed by atoms with E-state index in [1.807, 2.05) is 36.4 Å². The molecule has 4 rings (SSSR count). The van der Waals surface area contributed by atoms with Gasteiger partial charge >= 0.3 is 0 Å². The Morgan fingerprint density at radius 3 is 2.54 bits per heavy atom. The van der Waals surface area contributed by atoms with Crippen molar-refractivity contribution in [3.05, 3.63) is 59.1 Å². The average molecular weight is 394 g/mol. The number of methoxy groups -OCH3 is 2. The molecule has 0 aliphatic rings. The zero-order valence-electron chi connectivity index (χ0n) is 16.2. The van der Waals surface area contributed by atoms with Crippen molar-refractivity contribution in [3.63, 3.8) is 0 Å². The Labute approximate surface area is 168 Å². The van der Waals surface area contributed by atoms with Gasteiger partial charge in [0.25, 0.3) is 0 Å². The van der Waals surface area contributed by atoms with Gasteiger partial charge in [-0.2, -0.15) is 0 Å². The van der Waals surface area contributed by atoms with Crippen LogP contribution in [0.1, 0.15) is 10.4 Å². The lowest BCUT2D eigenvalue weighted by Crippen LogP contribution is -2.04. The maximum atomic E-state index is 5.29. The third-order valence-corrected chi connectivity index (χ3v) is 5.73. The summed E-state index contributed by atoms with van der Waals surface area (Å²) in [4.78, 5) is 9.31. The van der Waals surface area contributed by atoms with Crippen molar-refractivity contribution < 1.29 is 9.47 Å². The second kappa shape index (κ2) is 7.94. The van der Waals surface area contributed by atoms with E-state index in [0.717, 1.165) is 46.4 Å². The lowest BCUT2D eigenvalue weighted by molar-refractivity contribution is 0.415. The number of nitrogens with zero attached hydrogens (tertiary/aromatic N) is 1. The maximum Gasteiger partial charge on any atom is 0.183 e. The highest BCUT2D eigenvalue weighted by Crippen LogP contribution is 2.31. The SMILES string of the molecule is COc1ccc(-c2nc(NCCc3c[nH]c4cc(OC)ccc34)sc2C)cc1. The number of ether oxygens (including phenoxy) is 2. The zero-order chi connectivity index (χ0) is 19.5. The Balaban J connectivity index is 1.43. The zero-order valence-corrected chi connectivity index (χ0v) is 17.0. The number of fused-ring (bicyclic) bond motifs is 1. The van der Waals surface area contributed by atoms with Crippen LogP contribution in [0.3, 0.4) is 0 Å². The Kier molecular flexibility index (Phi) is 5.21. The van der Waals surface area contributed by atoms with Gasteiger partial charge in [-0.25, -0.2) is 4.98 Å². The highest BCUT2D eigenvalue weighted by Gasteiger charge is 2.10.